The molecule has 0 radical (unpaired) electrons. The largest absolute Gasteiger partial charge is 0.481 e. The molecule has 0 aromatic rings. The minimum absolute atomic E-state index is 0.177. The summed E-state index contributed by atoms with van der Waals surface area (Å²) in [6.45, 7) is 11.5. The van der Waals surface area contributed by atoms with Gasteiger partial charge in [-0.1, -0.05) is 47.0 Å². The van der Waals surface area contributed by atoms with Crippen LogP contribution in [-0.2, 0) is 19.4 Å². The summed E-state index contributed by atoms with van der Waals surface area (Å²) >= 11 is 0. The fourth-order valence-corrected chi connectivity index (χ4v) is 7.44. The molecule has 0 amide bonds. The van der Waals surface area contributed by atoms with Crippen LogP contribution in [0.2, 0.25) is 0 Å². The number of aliphatic carboxylic acids is 1. The summed E-state index contributed by atoms with van der Waals surface area (Å²) < 4.78 is 0. The summed E-state index contributed by atoms with van der Waals surface area (Å²) in [5, 5.41) is 9.38. The second-order valence-corrected chi connectivity index (χ2v) is 11.4. The van der Waals surface area contributed by atoms with E-state index < -0.39 is 11.6 Å². The first-order valence-corrected chi connectivity index (χ1v) is 12.2. The van der Waals surface area contributed by atoms with Gasteiger partial charge in [0.2, 0.25) is 0 Å². The van der Waals surface area contributed by atoms with Crippen molar-refractivity contribution < 1.29 is 24.5 Å². The Balaban J connectivity index is 1.77. The van der Waals surface area contributed by atoms with Crippen molar-refractivity contribution in [1.29, 1.82) is 0 Å². The van der Waals surface area contributed by atoms with Crippen molar-refractivity contribution in [1.82, 2.24) is 0 Å². The van der Waals surface area contributed by atoms with Crippen LogP contribution in [0.25, 0.3) is 0 Å². The Morgan fingerprint density at radius 2 is 1.87 bits per heavy atom. The molecule has 0 bridgehead atoms. The van der Waals surface area contributed by atoms with Crippen molar-refractivity contribution >= 4 is 11.9 Å². The van der Waals surface area contributed by atoms with Gasteiger partial charge in [-0.15, -0.1) is 0 Å². The van der Waals surface area contributed by atoms with Crippen LogP contribution in [-0.4, -0.2) is 22.6 Å². The van der Waals surface area contributed by atoms with Crippen LogP contribution in [0.4, 0.5) is 0 Å². The van der Waals surface area contributed by atoms with Crippen LogP contribution in [0.15, 0.2) is 0 Å². The number of carbonyl (C=O) groups is 2. The quantitative estimate of drug-likeness (QED) is 0.461. The van der Waals surface area contributed by atoms with Crippen LogP contribution in [0.5, 0.6) is 0 Å². The van der Waals surface area contributed by atoms with Crippen molar-refractivity contribution in [2.24, 2.45) is 40.9 Å². The van der Waals surface area contributed by atoms with E-state index >= 15 is 0 Å². The average Bonchev–Trinajstić information content (AvgIpc) is 3.18. The van der Waals surface area contributed by atoms with Gasteiger partial charge in [-0.25, -0.2) is 4.79 Å². The fourth-order valence-electron chi connectivity index (χ4n) is 7.44. The van der Waals surface area contributed by atoms with Crippen molar-refractivity contribution in [2.45, 2.75) is 104 Å². The first kappa shape index (κ1) is 23.6. The van der Waals surface area contributed by atoms with Crippen LogP contribution < -0.4 is 0 Å². The Bertz CT molecular complexity index is 631. The van der Waals surface area contributed by atoms with E-state index in [2.05, 4.69) is 27.7 Å². The number of carbonyl (C=O) groups excluding carboxylic acids is 1. The molecule has 5 nitrogen and oxygen atoms in total. The molecule has 2 saturated carbocycles. The molecule has 7 atom stereocenters. The normalized spacial score (nSPS) is 39.7. The maximum atomic E-state index is 11.8. The molecule has 5 heteroatoms. The van der Waals surface area contributed by atoms with Crippen LogP contribution >= 0.6 is 0 Å². The third-order valence-corrected chi connectivity index (χ3v) is 8.93. The number of carboxylic acid groups (broad SMARTS) is 1. The lowest BCUT2D eigenvalue weighted by Crippen LogP contribution is -2.50. The number of rotatable bonds is 9. The molecule has 1 saturated heterocycles. The van der Waals surface area contributed by atoms with Gasteiger partial charge in [-0.05, 0) is 80.0 Å². The molecule has 1 N–H and O–H groups in total. The Morgan fingerprint density at radius 3 is 2.47 bits per heavy atom. The smallest absolute Gasteiger partial charge is 0.345 e. The van der Waals surface area contributed by atoms with Crippen molar-refractivity contribution in [3.8, 4) is 0 Å². The van der Waals surface area contributed by atoms with E-state index in [0.29, 0.717) is 24.2 Å². The Kier molecular flexibility index (Phi) is 7.21. The first-order chi connectivity index (χ1) is 14.1. The summed E-state index contributed by atoms with van der Waals surface area (Å²) in [5.41, 5.74) is -0.362. The highest BCUT2D eigenvalue weighted by molar-refractivity contribution is 5.71. The Morgan fingerprint density at radius 1 is 1.13 bits per heavy atom. The molecular formula is C25H42O5. The molecule has 0 aromatic heterocycles. The highest BCUT2D eigenvalue weighted by atomic mass is 17.2. The summed E-state index contributed by atoms with van der Waals surface area (Å²) in [6, 6.07) is 0. The molecule has 1 aliphatic heterocycles. The van der Waals surface area contributed by atoms with Gasteiger partial charge >= 0.3 is 11.9 Å². The molecule has 3 fully saturated rings. The lowest BCUT2D eigenvalue weighted by molar-refractivity contribution is -0.309. The van der Waals surface area contributed by atoms with Gasteiger partial charge in [0.25, 0.3) is 0 Å². The maximum Gasteiger partial charge on any atom is 0.345 e. The topological polar surface area (TPSA) is 72.8 Å². The molecular weight excluding hydrogens is 380 g/mol. The molecule has 172 valence electrons. The van der Waals surface area contributed by atoms with E-state index in [1.54, 1.807) is 0 Å². The molecule has 2 aliphatic carbocycles. The molecule has 0 spiro atoms. The molecule has 30 heavy (non-hydrogen) atoms. The van der Waals surface area contributed by atoms with E-state index in [-0.39, 0.29) is 36.1 Å². The number of fused-ring (bicyclic) bond motifs is 1. The van der Waals surface area contributed by atoms with Gasteiger partial charge in [0.05, 0.1) is 6.42 Å². The zero-order valence-corrected chi connectivity index (χ0v) is 19.6. The summed E-state index contributed by atoms with van der Waals surface area (Å²) in [5.74, 6) is 2.09. The van der Waals surface area contributed by atoms with E-state index in [1.807, 2.05) is 6.92 Å². The summed E-state index contributed by atoms with van der Waals surface area (Å²) in [7, 11) is 0. The van der Waals surface area contributed by atoms with Crippen molar-refractivity contribution in [3.05, 3.63) is 0 Å². The SMILES string of the molecule is CC(C)CCC[C@@H](C)[C@H]1CC[C@H]2[C@H](CCC(=O)O)[C@@H]([C@]3(C)CC(=O)OO3)CC[C@]12C. The lowest BCUT2D eigenvalue weighted by Gasteiger charge is -2.52. The number of hydrogen-bond acceptors (Lipinski definition) is 4. The second kappa shape index (κ2) is 9.18. The molecule has 0 aromatic carbocycles. The van der Waals surface area contributed by atoms with Gasteiger partial charge in [-0.2, -0.15) is 4.89 Å². The van der Waals surface area contributed by atoms with Crippen LogP contribution in [0.3, 0.4) is 0 Å². The fraction of sp³-hybridized carbons (Fsp3) is 0.920. The highest BCUT2D eigenvalue weighted by Crippen LogP contribution is 2.64. The zero-order chi connectivity index (χ0) is 22.1. The first-order valence-electron chi connectivity index (χ1n) is 12.2. The van der Waals surface area contributed by atoms with Gasteiger partial charge < -0.3 is 5.11 Å². The standard InChI is InChI=1S/C25H42O5/c1-16(2)7-6-8-17(3)19-10-11-20-18(9-12-22(26)27)21(13-14-24(19,20)4)25(5)15-23(28)29-30-25/h16-21H,6-15H2,1-5H3,(H,26,27)/t17-,18+,19-,20+,21+,24-,25+/m1/s1. The van der Waals surface area contributed by atoms with Crippen molar-refractivity contribution in [3.63, 3.8) is 0 Å². The molecule has 0 unspecified atom stereocenters. The number of carboxylic acids is 1. The van der Waals surface area contributed by atoms with Gasteiger partial charge in [0.1, 0.15) is 5.60 Å². The molecule has 3 rings (SSSR count). The molecule has 1 heterocycles. The van der Waals surface area contributed by atoms with E-state index in [4.69, 9.17) is 9.78 Å². The highest BCUT2D eigenvalue weighted by Gasteiger charge is 2.59. The van der Waals surface area contributed by atoms with E-state index in [9.17, 15) is 14.7 Å². The average molecular weight is 423 g/mol. The monoisotopic (exact) mass is 422 g/mol. The van der Waals surface area contributed by atoms with Crippen LogP contribution in [0, 0.1) is 40.9 Å². The predicted molar refractivity (Wildman–Crippen MR) is 115 cm³/mol. The lowest BCUT2D eigenvalue weighted by atomic mass is 9.53. The minimum Gasteiger partial charge on any atom is -0.481 e. The second-order valence-electron chi connectivity index (χ2n) is 11.4. The van der Waals surface area contributed by atoms with Gasteiger partial charge in [-0.3, -0.25) is 9.68 Å². The maximum absolute atomic E-state index is 11.8. The predicted octanol–water partition coefficient (Wildman–Crippen LogP) is 6.01. The molecule has 3 aliphatic rings. The Labute approximate surface area is 182 Å². The van der Waals surface area contributed by atoms with Crippen LogP contribution in [0.1, 0.15) is 98.8 Å². The van der Waals surface area contributed by atoms with Crippen molar-refractivity contribution in [2.75, 3.05) is 0 Å². The van der Waals surface area contributed by atoms with E-state index in [1.165, 1.54) is 32.1 Å². The zero-order valence-electron chi connectivity index (χ0n) is 19.6. The number of hydrogen-bond donors (Lipinski definition) is 1. The van der Waals surface area contributed by atoms with E-state index in [0.717, 1.165) is 18.8 Å². The minimum atomic E-state index is -0.734. The third kappa shape index (κ3) is 4.71. The van der Waals surface area contributed by atoms with Gasteiger partial charge in [0.15, 0.2) is 0 Å². The Hall–Kier alpha value is -1.10. The summed E-state index contributed by atoms with van der Waals surface area (Å²) in [4.78, 5) is 33.7. The summed E-state index contributed by atoms with van der Waals surface area (Å²) in [6.07, 6.45) is 9.55. The van der Waals surface area contributed by atoms with Gasteiger partial charge in [0, 0.05) is 6.42 Å². The third-order valence-electron chi connectivity index (χ3n) is 8.93.